The molecule has 2 aromatic carbocycles. The molecule has 0 saturated heterocycles. The van der Waals surface area contributed by atoms with Crippen molar-refractivity contribution in [2.45, 2.75) is 4.90 Å². The van der Waals surface area contributed by atoms with E-state index in [0.717, 1.165) is 3.57 Å². The number of nitrogen functional groups attached to an aromatic ring is 1. The van der Waals surface area contributed by atoms with Crippen LogP contribution in [0.2, 0.25) is 0 Å². The quantitative estimate of drug-likeness (QED) is 0.607. The molecule has 0 spiro atoms. The standard InChI is InChI=1S/C13H13IN2O3S/c1-19-13-7-6-11(8-12(13)15)20(17,18)16-10-4-2-9(14)3-5-10/h2-8,16H,15H2,1H3. The minimum absolute atomic E-state index is 0.0920. The molecule has 3 N–H and O–H groups in total. The van der Waals surface area contributed by atoms with E-state index in [9.17, 15) is 8.42 Å². The number of nitrogens with two attached hydrogens (primary N) is 1. The van der Waals surface area contributed by atoms with Gasteiger partial charge in [0.25, 0.3) is 10.0 Å². The van der Waals surface area contributed by atoms with Crippen LogP contribution in [-0.2, 0) is 10.0 Å². The first-order valence-electron chi connectivity index (χ1n) is 5.64. The van der Waals surface area contributed by atoms with Crippen LogP contribution in [0.15, 0.2) is 47.4 Å². The lowest BCUT2D eigenvalue weighted by Gasteiger charge is -2.10. The Morgan fingerprint density at radius 2 is 1.80 bits per heavy atom. The Labute approximate surface area is 131 Å². The fraction of sp³-hybridized carbons (Fsp3) is 0.0769. The molecule has 0 radical (unpaired) electrons. The van der Waals surface area contributed by atoms with Crippen molar-refractivity contribution in [2.24, 2.45) is 0 Å². The third kappa shape index (κ3) is 3.34. The molecule has 0 aliphatic rings. The maximum atomic E-state index is 12.2. The first kappa shape index (κ1) is 14.9. The minimum atomic E-state index is -3.66. The van der Waals surface area contributed by atoms with E-state index in [1.807, 2.05) is 12.1 Å². The first-order chi connectivity index (χ1) is 9.42. The molecule has 0 fully saturated rings. The summed E-state index contributed by atoms with van der Waals surface area (Å²) in [6, 6.07) is 11.4. The van der Waals surface area contributed by atoms with E-state index < -0.39 is 10.0 Å². The number of halogens is 1. The molecule has 0 unspecified atom stereocenters. The van der Waals surface area contributed by atoms with Crippen molar-refractivity contribution in [3.63, 3.8) is 0 Å². The molecular formula is C13H13IN2O3S. The zero-order chi connectivity index (χ0) is 14.8. The molecule has 7 heteroatoms. The van der Waals surface area contributed by atoms with Crippen LogP contribution in [0.25, 0.3) is 0 Å². The van der Waals surface area contributed by atoms with E-state index in [-0.39, 0.29) is 10.6 Å². The van der Waals surface area contributed by atoms with Crippen molar-refractivity contribution < 1.29 is 13.2 Å². The van der Waals surface area contributed by atoms with Gasteiger partial charge in [-0.15, -0.1) is 0 Å². The van der Waals surface area contributed by atoms with E-state index in [0.29, 0.717) is 11.4 Å². The van der Waals surface area contributed by atoms with Gasteiger partial charge in [0, 0.05) is 9.26 Å². The van der Waals surface area contributed by atoms with Gasteiger partial charge in [0.1, 0.15) is 5.75 Å². The van der Waals surface area contributed by atoms with E-state index in [4.69, 9.17) is 10.5 Å². The van der Waals surface area contributed by atoms with E-state index in [1.165, 1.54) is 25.3 Å². The summed E-state index contributed by atoms with van der Waals surface area (Å²) in [4.78, 5) is 0.0920. The summed E-state index contributed by atoms with van der Waals surface area (Å²) in [5.41, 5.74) is 6.50. The zero-order valence-electron chi connectivity index (χ0n) is 10.6. The molecule has 0 aliphatic carbocycles. The lowest BCUT2D eigenvalue weighted by molar-refractivity contribution is 0.416. The number of ether oxygens (including phenoxy) is 1. The third-order valence-electron chi connectivity index (χ3n) is 2.61. The van der Waals surface area contributed by atoms with Crippen molar-refractivity contribution in [1.29, 1.82) is 0 Å². The molecule has 2 aromatic rings. The summed E-state index contributed by atoms with van der Waals surface area (Å²) in [6.07, 6.45) is 0. The second-order valence-electron chi connectivity index (χ2n) is 4.02. The number of nitrogens with one attached hydrogen (secondary N) is 1. The summed E-state index contributed by atoms with van der Waals surface area (Å²) in [7, 11) is -2.19. The van der Waals surface area contributed by atoms with Crippen molar-refractivity contribution in [2.75, 3.05) is 17.6 Å². The highest BCUT2D eigenvalue weighted by molar-refractivity contribution is 14.1. The monoisotopic (exact) mass is 404 g/mol. The summed E-state index contributed by atoms with van der Waals surface area (Å²) >= 11 is 2.15. The number of anilines is 2. The van der Waals surface area contributed by atoms with Crippen LogP contribution in [0.4, 0.5) is 11.4 Å². The Hall–Kier alpha value is -1.48. The van der Waals surface area contributed by atoms with Crippen LogP contribution < -0.4 is 15.2 Å². The molecule has 0 saturated carbocycles. The molecule has 2 rings (SSSR count). The average molecular weight is 404 g/mol. The lowest BCUT2D eigenvalue weighted by Crippen LogP contribution is -2.13. The maximum Gasteiger partial charge on any atom is 0.261 e. The molecule has 106 valence electrons. The number of benzene rings is 2. The highest BCUT2D eigenvalue weighted by Gasteiger charge is 2.15. The van der Waals surface area contributed by atoms with Crippen molar-refractivity contribution in [3.05, 3.63) is 46.0 Å². The van der Waals surface area contributed by atoms with Crippen molar-refractivity contribution >= 4 is 44.0 Å². The molecule has 0 bridgehead atoms. The Balaban J connectivity index is 2.30. The largest absolute Gasteiger partial charge is 0.495 e. The third-order valence-corrected chi connectivity index (χ3v) is 4.71. The van der Waals surface area contributed by atoms with Gasteiger partial charge in [0.2, 0.25) is 0 Å². The normalized spacial score (nSPS) is 11.1. The molecule has 0 aromatic heterocycles. The van der Waals surface area contributed by atoms with Gasteiger partial charge in [-0.25, -0.2) is 8.42 Å². The van der Waals surface area contributed by atoms with Crippen LogP contribution >= 0.6 is 22.6 Å². The molecule has 5 nitrogen and oxygen atoms in total. The van der Waals surface area contributed by atoms with Crippen LogP contribution in [0.5, 0.6) is 5.75 Å². The van der Waals surface area contributed by atoms with Gasteiger partial charge >= 0.3 is 0 Å². The molecule has 0 aliphatic heterocycles. The topological polar surface area (TPSA) is 81.4 Å². The fourth-order valence-corrected chi connectivity index (χ4v) is 3.06. The van der Waals surface area contributed by atoms with Crippen LogP contribution in [0.1, 0.15) is 0 Å². The second kappa shape index (κ2) is 5.88. The van der Waals surface area contributed by atoms with Crippen molar-refractivity contribution in [1.82, 2.24) is 0 Å². The minimum Gasteiger partial charge on any atom is -0.495 e. The van der Waals surface area contributed by atoms with E-state index in [1.54, 1.807) is 12.1 Å². The average Bonchev–Trinajstić information content (AvgIpc) is 2.41. The second-order valence-corrected chi connectivity index (χ2v) is 6.94. The predicted molar refractivity (Wildman–Crippen MR) is 87.4 cm³/mol. The Bertz CT molecular complexity index is 715. The predicted octanol–water partition coefficient (Wildman–Crippen LogP) is 2.68. The summed E-state index contributed by atoms with van der Waals surface area (Å²) < 4.78 is 33.0. The Morgan fingerprint density at radius 3 is 2.35 bits per heavy atom. The Morgan fingerprint density at radius 1 is 1.15 bits per heavy atom. The van der Waals surface area contributed by atoms with E-state index in [2.05, 4.69) is 27.3 Å². The summed E-state index contributed by atoms with van der Waals surface area (Å²) in [6.45, 7) is 0. The number of methoxy groups -OCH3 is 1. The number of hydrogen-bond acceptors (Lipinski definition) is 4. The van der Waals surface area contributed by atoms with Crippen molar-refractivity contribution in [3.8, 4) is 5.75 Å². The summed E-state index contributed by atoms with van der Waals surface area (Å²) in [5, 5.41) is 0. The highest BCUT2D eigenvalue weighted by atomic mass is 127. The van der Waals surface area contributed by atoms with Crippen LogP contribution in [0, 0.1) is 3.57 Å². The first-order valence-corrected chi connectivity index (χ1v) is 8.20. The van der Waals surface area contributed by atoms with Gasteiger partial charge in [-0.1, -0.05) is 0 Å². The zero-order valence-corrected chi connectivity index (χ0v) is 13.6. The van der Waals surface area contributed by atoms with Gasteiger partial charge < -0.3 is 10.5 Å². The molecule has 0 atom stereocenters. The Kier molecular flexibility index (Phi) is 4.39. The van der Waals surface area contributed by atoms with Gasteiger partial charge in [-0.05, 0) is 65.1 Å². The SMILES string of the molecule is COc1ccc(S(=O)(=O)Nc2ccc(I)cc2)cc1N. The maximum absolute atomic E-state index is 12.2. The highest BCUT2D eigenvalue weighted by Crippen LogP contribution is 2.25. The van der Waals surface area contributed by atoms with Crippen LogP contribution in [0.3, 0.4) is 0 Å². The van der Waals surface area contributed by atoms with Crippen LogP contribution in [-0.4, -0.2) is 15.5 Å². The number of rotatable bonds is 4. The smallest absolute Gasteiger partial charge is 0.261 e. The number of sulfonamides is 1. The van der Waals surface area contributed by atoms with Gasteiger partial charge in [0.15, 0.2) is 0 Å². The van der Waals surface area contributed by atoms with Gasteiger partial charge in [-0.2, -0.15) is 0 Å². The van der Waals surface area contributed by atoms with E-state index >= 15 is 0 Å². The fourth-order valence-electron chi connectivity index (χ4n) is 1.61. The molecule has 0 amide bonds. The summed E-state index contributed by atoms with van der Waals surface area (Å²) in [5.74, 6) is 0.443. The number of hydrogen-bond donors (Lipinski definition) is 2. The molecule has 0 heterocycles. The lowest BCUT2D eigenvalue weighted by atomic mass is 10.3. The molecular weight excluding hydrogens is 391 g/mol. The molecule has 20 heavy (non-hydrogen) atoms. The van der Waals surface area contributed by atoms with Gasteiger partial charge in [0.05, 0.1) is 17.7 Å². The van der Waals surface area contributed by atoms with Gasteiger partial charge in [-0.3, -0.25) is 4.72 Å².